The van der Waals surface area contributed by atoms with Crippen molar-refractivity contribution in [2.24, 2.45) is 0 Å². The first-order valence-electron chi connectivity index (χ1n) is 5.48. The smallest absolute Gasteiger partial charge is 0.272 e. The van der Waals surface area contributed by atoms with Gasteiger partial charge in [-0.15, -0.1) is 11.3 Å². The second-order valence-electron chi connectivity index (χ2n) is 3.71. The molecule has 1 aliphatic heterocycles. The number of thiazole rings is 1. The number of thioether (sulfide) groups is 1. The number of amidine groups is 1. The summed E-state index contributed by atoms with van der Waals surface area (Å²) in [5, 5.41) is 10.4. The molecule has 2 aromatic rings. The van der Waals surface area contributed by atoms with E-state index >= 15 is 0 Å². The molecular formula is C12H9N3O2S2. The molecule has 3 heterocycles. The van der Waals surface area contributed by atoms with Gasteiger partial charge in [0.25, 0.3) is 5.91 Å². The lowest BCUT2D eigenvalue weighted by Gasteiger charge is -2.08. The number of rotatable bonds is 3. The average molecular weight is 291 g/mol. The van der Waals surface area contributed by atoms with Gasteiger partial charge < -0.3 is 4.42 Å². The molecule has 0 spiro atoms. The summed E-state index contributed by atoms with van der Waals surface area (Å²) in [7, 11) is 0. The fourth-order valence-electron chi connectivity index (χ4n) is 1.65. The Morgan fingerprint density at radius 2 is 2.42 bits per heavy atom. The lowest BCUT2D eigenvalue weighted by Crippen LogP contribution is -2.27. The highest BCUT2D eigenvalue weighted by atomic mass is 32.2. The lowest BCUT2D eigenvalue weighted by atomic mass is 10.3. The topological polar surface area (TPSA) is 70.2 Å². The van der Waals surface area contributed by atoms with Crippen molar-refractivity contribution in [1.82, 2.24) is 4.98 Å². The molecule has 0 saturated carbocycles. The van der Waals surface area contributed by atoms with E-state index in [9.17, 15) is 4.79 Å². The van der Waals surface area contributed by atoms with Gasteiger partial charge in [0, 0.05) is 18.0 Å². The number of carbonyl (C=O) groups is 1. The molecule has 0 unspecified atom stereocenters. The molecule has 2 aromatic heterocycles. The molecule has 5 nitrogen and oxygen atoms in total. The second kappa shape index (κ2) is 5.02. The van der Waals surface area contributed by atoms with E-state index in [-0.39, 0.29) is 11.1 Å². The number of nitrogens with one attached hydrogen (secondary N) is 1. The Morgan fingerprint density at radius 3 is 3.11 bits per heavy atom. The quantitative estimate of drug-likeness (QED) is 0.883. The van der Waals surface area contributed by atoms with Crippen LogP contribution in [0.5, 0.6) is 0 Å². The molecular weight excluding hydrogens is 282 g/mol. The molecule has 1 fully saturated rings. The summed E-state index contributed by atoms with van der Waals surface area (Å²) in [5.74, 6) is 0.594. The standard InChI is InChI=1S/C12H9N3O2S2/c13-11-15(12-14-5-7-18-12)10(16)9(19-11)4-3-8-2-1-6-17-8/h1-2,4-7,13H,3H2/b9-4+,13-11?. The van der Waals surface area contributed by atoms with E-state index in [0.29, 0.717) is 16.5 Å². The molecule has 1 aliphatic rings. The average Bonchev–Trinajstić information content (AvgIpc) is 3.09. The number of allylic oxidation sites excluding steroid dienone is 1. The van der Waals surface area contributed by atoms with Crippen molar-refractivity contribution in [2.75, 3.05) is 4.90 Å². The molecule has 3 rings (SSSR count). The Hall–Kier alpha value is -1.86. The van der Waals surface area contributed by atoms with E-state index < -0.39 is 0 Å². The Kier molecular flexibility index (Phi) is 3.22. The first-order chi connectivity index (χ1) is 9.25. The van der Waals surface area contributed by atoms with Gasteiger partial charge in [-0.3, -0.25) is 10.2 Å². The van der Waals surface area contributed by atoms with E-state index in [1.807, 2.05) is 6.07 Å². The molecule has 1 N–H and O–H groups in total. The van der Waals surface area contributed by atoms with Crippen LogP contribution in [0.1, 0.15) is 5.76 Å². The minimum Gasteiger partial charge on any atom is -0.469 e. The van der Waals surface area contributed by atoms with Gasteiger partial charge in [0.1, 0.15) is 5.76 Å². The molecule has 19 heavy (non-hydrogen) atoms. The predicted molar refractivity (Wildman–Crippen MR) is 75.4 cm³/mol. The molecule has 1 amide bonds. The number of amides is 1. The van der Waals surface area contributed by atoms with Gasteiger partial charge in [-0.2, -0.15) is 0 Å². The highest BCUT2D eigenvalue weighted by molar-refractivity contribution is 8.19. The van der Waals surface area contributed by atoms with Crippen LogP contribution in [0, 0.1) is 5.41 Å². The lowest BCUT2D eigenvalue weighted by molar-refractivity contribution is -0.113. The maximum absolute atomic E-state index is 12.2. The predicted octanol–water partition coefficient (Wildman–Crippen LogP) is 2.88. The summed E-state index contributed by atoms with van der Waals surface area (Å²) in [6, 6.07) is 3.66. The van der Waals surface area contributed by atoms with Gasteiger partial charge in [-0.25, -0.2) is 9.88 Å². The zero-order chi connectivity index (χ0) is 13.2. The first kappa shape index (κ1) is 12.2. The number of carbonyl (C=O) groups excluding carboxylic acids is 1. The van der Waals surface area contributed by atoms with Gasteiger partial charge in [-0.05, 0) is 23.9 Å². The van der Waals surface area contributed by atoms with Gasteiger partial charge in [0.2, 0.25) is 0 Å². The minimum absolute atomic E-state index is 0.186. The Labute approximate surface area is 117 Å². The molecule has 7 heteroatoms. The van der Waals surface area contributed by atoms with Crippen LogP contribution in [0.25, 0.3) is 0 Å². The third kappa shape index (κ3) is 2.34. The van der Waals surface area contributed by atoms with Gasteiger partial charge in [0.15, 0.2) is 10.3 Å². The molecule has 1 saturated heterocycles. The number of hydrogen-bond donors (Lipinski definition) is 1. The van der Waals surface area contributed by atoms with Crippen molar-refractivity contribution >= 4 is 39.3 Å². The third-order valence-corrected chi connectivity index (χ3v) is 4.20. The van der Waals surface area contributed by atoms with Gasteiger partial charge >= 0.3 is 0 Å². The van der Waals surface area contributed by atoms with Crippen LogP contribution in [0.4, 0.5) is 5.13 Å². The van der Waals surface area contributed by atoms with Crippen LogP contribution < -0.4 is 4.90 Å². The van der Waals surface area contributed by atoms with Gasteiger partial charge in [0.05, 0.1) is 11.2 Å². The minimum atomic E-state index is -0.198. The summed E-state index contributed by atoms with van der Waals surface area (Å²) in [6.45, 7) is 0. The molecule has 0 aromatic carbocycles. The summed E-state index contributed by atoms with van der Waals surface area (Å²) in [5.41, 5.74) is 0. The third-order valence-electron chi connectivity index (χ3n) is 2.50. The first-order valence-corrected chi connectivity index (χ1v) is 7.18. The van der Waals surface area contributed by atoms with E-state index in [2.05, 4.69) is 4.98 Å². The van der Waals surface area contributed by atoms with Crippen LogP contribution in [0.3, 0.4) is 0 Å². The highest BCUT2D eigenvalue weighted by Crippen LogP contribution is 2.34. The Balaban J connectivity index is 1.81. The Bertz CT molecular complexity index is 632. The van der Waals surface area contributed by atoms with Crippen molar-refractivity contribution < 1.29 is 9.21 Å². The van der Waals surface area contributed by atoms with E-state index in [1.54, 1.807) is 30.0 Å². The molecule has 0 aliphatic carbocycles. The van der Waals surface area contributed by atoms with Crippen LogP contribution in [-0.4, -0.2) is 16.1 Å². The van der Waals surface area contributed by atoms with Crippen molar-refractivity contribution in [3.63, 3.8) is 0 Å². The zero-order valence-corrected chi connectivity index (χ0v) is 11.3. The summed E-state index contributed by atoms with van der Waals surface area (Å²) < 4.78 is 5.21. The van der Waals surface area contributed by atoms with Crippen LogP contribution in [0.2, 0.25) is 0 Å². The number of nitrogens with zero attached hydrogens (tertiary/aromatic N) is 2. The normalized spacial score (nSPS) is 17.7. The van der Waals surface area contributed by atoms with Crippen molar-refractivity contribution in [2.45, 2.75) is 6.42 Å². The molecule has 96 valence electrons. The monoisotopic (exact) mass is 291 g/mol. The Morgan fingerprint density at radius 1 is 1.53 bits per heavy atom. The maximum atomic E-state index is 12.2. The van der Waals surface area contributed by atoms with Gasteiger partial charge in [-0.1, -0.05) is 6.08 Å². The number of aromatic nitrogens is 1. The molecule has 0 atom stereocenters. The summed E-state index contributed by atoms with van der Waals surface area (Å²) >= 11 is 2.49. The number of furan rings is 1. The van der Waals surface area contributed by atoms with Crippen molar-refractivity contribution in [3.05, 3.63) is 46.7 Å². The maximum Gasteiger partial charge on any atom is 0.272 e. The fraction of sp³-hybridized carbons (Fsp3) is 0.0833. The second-order valence-corrected chi connectivity index (χ2v) is 5.62. The van der Waals surface area contributed by atoms with Crippen molar-refractivity contribution in [1.29, 1.82) is 5.41 Å². The number of hydrogen-bond acceptors (Lipinski definition) is 6. The van der Waals surface area contributed by atoms with Crippen LogP contribution in [-0.2, 0) is 11.2 Å². The SMILES string of the molecule is N=C1S/C(=C/Cc2ccco2)C(=O)N1c1nccs1. The van der Waals surface area contributed by atoms with E-state index in [1.165, 1.54) is 16.2 Å². The fourth-order valence-corrected chi connectivity index (χ4v) is 3.16. The largest absolute Gasteiger partial charge is 0.469 e. The van der Waals surface area contributed by atoms with Crippen LogP contribution >= 0.6 is 23.1 Å². The van der Waals surface area contributed by atoms with E-state index in [0.717, 1.165) is 17.5 Å². The summed E-state index contributed by atoms with van der Waals surface area (Å²) in [6.07, 6.45) is 5.55. The van der Waals surface area contributed by atoms with Crippen molar-refractivity contribution in [3.8, 4) is 0 Å². The molecule has 0 bridgehead atoms. The zero-order valence-electron chi connectivity index (χ0n) is 9.70. The van der Waals surface area contributed by atoms with Crippen LogP contribution in [0.15, 0.2) is 45.4 Å². The number of anilines is 1. The van der Waals surface area contributed by atoms with E-state index in [4.69, 9.17) is 9.83 Å². The summed E-state index contributed by atoms with van der Waals surface area (Å²) in [4.78, 5) is 18.1. The molecule has 0 radical (unpaired) electrons. The highest BCUT2D eigenvalue weighted by Gasteiger charge is 2.34.